The number of halogens is 7. The highest BCUT2D eigenvalue weighted by Crippen LogP contribution is 2.27. The summed E-state index contributed by atoms with van der Waals surface area (Å²) in [4.78, 5) is 57.7. The predicted octanol–water partition coefficient (Wildman–Crippen LogP) is 9.02. The summed E-state index contributed by atoms with van der Waals surface area (Å²) in [5, 5.41) is 8.90. The summed E-state index contributed by atoms with van der Waals surface area (Å²) in [5.74, 6) is -0.716. The van der Waals surface area contributed by atoms with Crippen LogP contribution in [0.3, 0.4) is 0 Å². The number of rotatable bonds is 18. The molecule has 2 aromatic carbocycles. The third-order valence-corrected chi connectivity index (χ3v) is 9.88. The number of methoxy groups -OCH3 is 2. The second kappa shape index (κ2) is 27.8. The van der Waals surface area contributed by atoms with E-state index in [0.29, 0.717) is 37.8 Å². The molecule has 0 unspecified atom stereocenters. The number of aromatic amines is 1. The van der Waals surface area contributed by atoms with Gasteiger partial charge in [0.25, 0.3) is 18.4 Å². The predicted molar refractivity (Wildman–Crippen MR) is 229 cm³/mol. The van der Waals surface area contributed by atoms with Crippen molar-refractivity contribution in [2.75, 3.05) is 39.9 Å². The number of H-pyrrole nitrogens is 1. The van der Waals surface area contributed by atoms with Crippen LogP contribution in [-0.4, -0.2) is 83.2 Å². The molecule has 4 aromatic rings. The van der Waals surface area contributed by atoms with Gasteiger partial charge in [0.2, 0.25) is 5.88 Å². The minimum atomic E-state index is -2.80. The van der Waals surface area contributed by atoms with E-state index in [1.807, 2.05) is 18.2 Å². The van der Waals surface area contributed by atoms with Crippen molar-refractivity contribution in [2.24, 2.45) is 10.3 Å². The van der Waals surface area contributed by atoms with Crippen LogP contribution in [0, 0.1) is 0 Å². The van der Waals surface area contributed by atoms with E-state index in [9.17, 15) is 31.9 Å². The summed E-state index contributed by atoms with van der Waals surface area (Å²) in [7, 11) is 5.21. The largest absolute Gasteiger partial charge is 0.473 e. The number of esters is 2. The number of nitrogens with one attached hydrogen (secondary N) is 1. The van der Waals surface area contributed by atoms with Crippen LogP contribution in [-0.2, 0) is 40.7 Å². The summed E-state index contributed by atoms with van der Waals surface area (Å²) in [6.07, 6.45) is -5.56. The number of nitrogens with zero attached hydrogens (tertiary/aromatic N) is 5. The summed E-state index contributed by atoms with van der Waals surface area (Å²) in [6, 6.07) is 16.0. The Balaban J connectivity index is 0.000000348. The van der Waals surface area contributed by atoms with Gasteiger partial charge >= 0.3 is 11.9 Å². The van der Waals surface area contributed by atoms with Crippen LogP contribution < -0.4 is 10.3 Å². The van der Waals surface area contributed by atoms with E-state index in [0.717, 1.165) is 41.2 Å². The van der Waals surface area contributed by atoms with Gasteiger partial charge in [0.1, 0.15) is 32.2 Å². The van der Waals surface area contributed by atoms with Crippen LogP contribution in [0.1, 0.15) is 46.5 Å². The minimum absolute atomic E-state index is 0.0545. The van der Waals surface area contributed by atoms with Crippen LogP contribution >= 0.6 is 62.7 Å². The molecule has 0 aliphatic rings. The van der Waals surface area contributed by atoms with Gasteiger partial charge in [-0.05, 0) is 11.1 Å². The van der Waals surface area contributed by atoms with E-state index in [1.54, 1.807) is 30.3 Å². The number of benzene rings is 2. The molecule has 0 radical (unpaired) electrons. The molecular weight excluding hydrogens is 959 g/mol. The second-order valence-electron chi connectivity index (χ2n) is 11.1. The van der Waals surface area contributed by atoms with Crippen LogP contribution in [0.5, 0.6) is 5.88 Å². The van der Waals surface area contributed by atoms with E-state index in [4.69, 9.17) is 37.5 Å². The lowest BCUT2D eigenvalue weighted by atomic mass is 10.0. The zero-order valence-corrected chi connectivity index (χ0v) is 37.4. The first-order valence-electron chi connectivity index (χ1n) is 16.8. The van der Waals surface area contributed by atoms with Gasteiger partial charge in [-0.1, -0.05) is 135 Å². The summed E-state index contributed by atoms with van der Waals surface area (Å²) in [5.41, 5.74) is 1.07. The van der Waals surface area contributed by atoms with Gasteiger partial charge in [-0.3, -0.25) is 4.79 Å². The Morgan fingerprint density at radius 3 is 1.75 bits per heavy atom. The fraction of sp³-hybridized carbons (Fsp3) is 0.263. The molecule has 328 valence electrons. The molecule has 2 aromatic heterocycles. The number of hydrogen-bond donors (Lipinski definition) is 1. The molecule has 0 saturated carbocycles. The number of alkyl halides is 5. The molecule has 0 fully saturated rings. The maximum Gasteiger partial charge on any atom is 0.360 e. The standard InChI is InChI=1S/C19H18ClF2N3O4S.C11H12BrNO3.C8H7ClF2N2OS/c1-11(20)10-30-19-23-14(17(21)22)8-15(24-19)29-9-12-6-4-5-7-13(12)16(25-28-3)18(26)27-2;1-15-11(14)10(13-16-2)9-6-4-3-5-8(9)7-12;1-4(9)3-15-8-12-5(7(10)11)2-6(14)13-8/h4-8,17H,1,9-10H2,2-3H3;3-6H,7H2,1-2H3;2,7H,1,3H2,(H,12,13,14)/b25-16+;13-10+;. The molecule has 0 aliphatic carbocycles. The smallest absolute Gasteiger partial charge is 0.360 e. The Labute approximate surface area is 374 Å². The van der Waals surface area contributed by atoms with Gasteiger partial charge in [0.15, 0.2) is 21.7 Å². The van der Waals surface area contributed by atoms with E-state index in [1.165, 1.54) is 28.4 Å². The molecule has 4 rings (SSSR count). The average Bonchev–Trinajstić information content (AvgIpc) is 3.25. The summed E-state index contributed by atoms with van der Waals surface area (Å²) >= 11 is 16.6. The van der Waals surface area contributed by atoms with Crippen molar-refractivity contribution in [3.63, 3.8) is 0 Å². The number of carbonyl (C=O) groups is 2. The highest BCUT2D eigenvalue weighted by Gasteiger charge is 2.21. The van der Waals surface area contributed by atoms with Crippen LogP contribution in [0.25, 0.3) is 0 Å². The maximum atomic E-state index is 13.2. The summed E-state index contributed by atoms with van der Waals surface area (Å²) in [6.45, 7) is 6.88. The molecular formula is C38H37BrCl2F4N6O8S2. The van der Waals surface area contributed by atoms with Crippen LogP contribution in [0.15, 0.2) is 109 Å². The van der Waals surface area contributed by atoms with Crippen molar-refractivity contribution < 1.29 is 51.0 Å². The number of ether oxygens (including phenoxy) is 3. The quantitative estimate of drug-likeness (QED) is 0.0190. The molecule has 0 aliphatic heterocycles. The number of carbonyl (C=O) groups excluding carboxylic acids is 2. The molecule has 2 heterocycles. The molecule has 14 nitrogen and oxygen atoms in total. The molecule has 0 saturated heterocycles. The third kappa shape index (κ3) is 18.3. The highest BCUT2D eigenvalue weighted by molar-refractivity contribution is 9.08. The Hall–Kier alpha value is -4.96. The first-order valence-corrected chi connectivity index (χ1v) is 20.7. The van der Waals surface area contributed by atoms with Crippen molar-refractivity contribution in [3.05, 3.63) is 128 Å². The SMILES string of the molecule is C=C(Cl)CSc1nc(C(F)F)cc(=O)[nH]1.C=C(Cl)CSc1nc(OCc2ccccc2/C(=N\OC)C(=O)OC)cc(C(F)F)n1.CO/N=C(/C(=O)OC)c1ccccc1CBr. The first-order chi connectivity index (χ1) is 29.1. The monoisotopic (exact) mass is 994 g/mol. The van der Waals surface area contributed by atoms with E-state index < -0.39 is 41.7 Å². The van der Waals surface area contributed by atoms with Crippen molar-refractivity contribution >= 4 is 86.0 Å². The molecule has 0 amide bonds. The number of hydrogen-bond acceptors (Lipinski definition) is 15. The molecule has 1 N–H and O–H groups in total. The average molecular weight is 997 g/mol. The van der Waals surface area contributed by atoms with Gasteiger partial charge in [0.05, 0.1) is 14.2 Å². The number of oxime groups is 2. The van der Waals surface area contributed by atoms with Gasteiger partial charge in [0, 0.05) is 50.2 Å². The fourth-order valence-electron chi connectivity index (χ4n) is 4.26. The number of thioether (sulfide) groups is 2. The topological polar surface area (TPSA) is 177 Å². The third-order valence-electron chi connectivity index (χ3n) is 6.80. The Bertz CT molecular complexity index is 2240. The molecule has 23 heteroatoms. The lowest BCUT2D eigenvalue weighted by Crippen LogP contribution is -2.20. The van der Waals surface area contributed by atoms with Crippen LogP contribution in [0.2, 0.25) is 0 Å². The van der Waals surface area contributed by atoms with Gasteiger partial charge in [-0.2, -0.15) is 4.98 Å². The van der Waals surface area contributed by atoms with Crippen molar-refractivity contribution in [1.82, 2.24) is 19.9 Å². The Morgan fingerprint density at radius 2 is 1.26 bits per heavy atom. The van der Waals surface area contributed by atoms with Crippen molar-refractivity contribution in [1.29, 1.82) is 0 Å². The minimum Gasteiger partial charge on any atom is -0.473 e. The molecule has 61 heavy (non-hydrogen) atoms. The fourth-order valence-corrected chi connectivity index (χ4v) is 6.32. The second-order valence-corrected chi connectivity index (χ2v) is 14.6. The van der Waals surface area contributed by atoms with E-state index in [-0.39, 0.29) is 40.0 Å². The molecule has 0 atom stereocenters. The normalized spacial score (nSPS) is 11.1. The highest BCUT2D eigenvalue weighted by atomic mass is 79.9. The van der Waals surface area contributed by atoms with E-state index in [2.05, 4.69) is 68.9 Å². The van der Waals surface area contributed by atoms with E-state index >= 15 is 0 Å². The first kappa shape index (κ1) is 52.2. The maximum absolute atomic E-state index is 13.2. The molecule has 0 bridgehead atoms. The zero-order valence-electron chi connectivity index (χ0n) is 32.6. The van der Waals surface area contributed by atoms with Crippen LogP contribution in [0.4, 0.5) is 17.6 Å². The molecule has 0 spiro atoms. The Kier molecular flexibility index (Phi) is 23.8. The number of aromatic nitrogens is 4. The lowest BCUT2D eigenvalue weighted by molar-refractivity contribution is -0.133. The Morgan fingerprint density at radius 1 is 0.770 bits per heavy atom. The van der Waals surface area contributed by atoms with Crippen molar-refractivity contribution in [2.45, 2.75) is 35.1 Å². The van der Waals surface area contributed by atoms with Crippen molar-refractivity contribution in [3.8, 4) is 5.88 Å². The van der Waals surface area contributed by atoms with Gasteiger partial charge in [-0.25, -0.2) is 37.1 Å². The van der Waals surface area contributed by atoms with Gasteiger partial charge < -0.3 is 28.9 Å². The lowest BCUT2D eigenvalue weighted by Gasteiger charge is -2.12. The van der Waals surface area contributed by atoms with Gasteiger partial charge in [-0.15, -0.1) is 0 Å². The zero-order chi connectivity index (χ0) is 45.5. The summed E-state index contributed by atoms with van der Waals surface area (Å²) < 4.78 is 65.9.